The molecule has 27 heavy (non-hydrogen) atoms. The molecule has 0 atom stereocenters. The Bertz CT molecular complexity index is 1080. The van der Waals surface area contributed by atoms with Gasteiger partial charge in [-0.2, -0.15) is 0 Å². The second-order valence-corrected chi connectivity index (χ2v) is 6.37. The average molecular weight is 354 g/mol. The molecule has 0 bridgehead atoms. The first-order chi connectivity index (χ1) is 13.1. The summed E-state index contributed by atoms with van der Waals surface area (Å²) >= 11 is 0. The molecule has 132 valence electrons. The summed E-state index contributed by atoms with van der Waals surface area (Å²) in [5.74, 6) is -0.999. The van der Waals surface area contributed by atoms with Gasteiger partial charge in [0.25, 0.3) is 0 Å². The average Bonchev–Trinajstić information content (AvgIpc) is 2.68. The first kappa shape index (κ1) is 16.8. The largest absolute Gasteiger partial charge is 0.369 e. The molecular formula is C23H18N2O2. The lowest BCUT2D eigenvalue weighted by atomic mass is 10.0. The monoisotopic (exact) mass is 354 g/mol. The van der Waals surface area contributed by atoms with Gasteiger partial charge < -0.3 is 5.73 Å². The maximum Gasteiger partial charge on any atom is 0.241 e. The molecule has 4 rings (SSSR count). The van der Waals surface area contributed by atoms with Gasteiger partial charge in [0.05, 0.1) is 11.4 Å². The van der Waals surface area contributed by atoms with Crippen molar-refractivity contribution in [1.82, 2.24) is 0 Å². The van der Waals surface area contributed by atoms with Crippen LogP contribution in [-0.4, -0.2) is 11.8 Å². The molecular weight excluding hydrogens is 336 g/mol. The number of fused-ring (bicyclic) bond motifs is 2. The lowest BCUT2D eigenvalue weighted by Crippen LogP contribution is -2.30. The number of hydrogen-bond donors (Lipinski definition) is 1. The van der Waals surface area contributed by atoms with Gasteiger partial charge in [0.1, 0.15) is 6.42 Å². The molecule has 0 radical (unpaired) electrons. The third-order valence-electron chi connectivity index (χ3n) is 4.59. The fourth-order valence-electron chi connectivity index (χ4n) is 3.43. The SMILES string of the molecule is NC(=O)CC(=O)N(c1cccc2ccccc12)c1cccc2ccccc12. The predicted molar refractivity (Wildman–Crippen MR) is 109 cm³/mol. The number of carbonyl (C=O) groups excluding carboxylic acids is 2. The van der Waals surface area contributed by atoms with Crippen molar-refractivity contribution in [3.63, 3.8) is 0 Å². The number of benzene rings is 4. The van der Waals surface area contributed by atoms with Crippen LogP contribution in [0.4, 0.5) is 11.4 Å². The minimum Gasteiger partial charge on any atom is -0.369 e. The minimum atomic E-state index is -0.648. The van der Waals surface area contributed by atoms with Crippen LogP contribution in [-0.2, 0) is 9.59 Å². The maximum atomic E-state index is 13.1. The summed E-state index contributed by atoms with van der Waals surface area (Å²) in [5, 5.41) is 3.91. The van der Waals surface area contributed by atoms with Crippen LogP contribution in [0.1, 0.15) is 6.42 Å². The van der Waals surface area contributed by atoms with Crippen molar-refractivity contribution in [2.75, 3.05) is 4.90 Å². The number of anilines is 2. The first-order valence-electron chi connectivity index (χ1n) is 8.72. The predicted octanol–water partition coefficient (Wildman–Crippen LogP) is 4.53. The molecule has 0 unspecified atom stereocenters. The normalized spacial score (nSPS) is 10.8. The van der Waals surface area contributed by atoms with Crippen molar-refractivity contribution >= 4 is 44.7 Å². The van der Waals surface area contributed by atoms with E-state index in [2.05, 4.69) is 0 Å². The Kier molecular flexibility index (Phi) is 4.30. The summed E-state index contributed by atoms with van der Waals surface area (Å²) in [6.45, 7) is 0. The first-order valence-corrected chi connectivity index (χ1v) is 8.72. The molecule has 0 aliphatic carbocycles. The molecule has 0 saturated carbocycles. The molecule has 0 aliphatic heterocycles. The van der Waals surface area contributed by atoms with Crippen LogP contribution in [0.5, 0.6) is 0 Å². The number of primary amides is 1. The standard InChI is InChI=1S/C23H18N2O2/c24-22(26)15-23(27)25(20-13-5-9-16-7-1-3-11-18(16)20)21-14-6-10-17-8-2-4-12-19(17)21/h1-14H,15H2,(H2,24,26). The number of amides is 2. The van der Waals surface area contributed by atoms with Crippen molar-refractivity contribution in [1.29, 1.82) is 0 Å². The Morgan fingerprint density at radius 2 is 1.11 bits per heavy atom. The van der Waals surface area contributed by atoms with Gasteiger partial charge in [0.2, 0.25) is 11.8 Å². The summed E-state index contributed by atoms with van der Waals surface area (Å²) in [7, 11) is 0. The third kappa shape index (κ3) is 3.13. The molecule has 0 saturated heterocycles. The van der Waals surface area contributed by atoms with Crippen LogP contribution in [0.2, 0.25) is 0 Å². The highest BCUT2D eigenvalue weighted by molar-refractivity contribution is 6.16. The zero-order chi connectivity index (χ0) is 18.8. The van der Waals surface area contributed by atoms with E-state index < -0.39 is 5.91 Å². The summed E-state index contributed by atoms with van der Waals surface area (Å²) in [6.07, 6.45) is -0.355. The topological polar surface area (TPSA) is 63.4 Å². The van der Waals surface area contributed by atoms with E-state index in [1.54, 1.807) is 4.90 Å². The Morgan fingerprint density at radius 1 is 0.667 bits per heavy atom. The van der Waals surface area contributed by atoms with E-state index in [1.807, 2.05) is 84.9 Å². The summed E-state index contributed by atoms with van der Waals surface area (Å²) in [4.78, 5) is 26.2. The molecule has 4 aromatic carbocycles. The van der Waals surface area contributed by atoms with Crippen molar-refractivity contribution in [2.24, 2.45) is 5.73 Å². The number of carbonyl (C=O) groups is 2. The fourth-order valence-corrected chi connectivity index (χ4v) is 3.43. The third-order valence-corrected chi connectivity index (χ3v) is 4.59. The van der Waals surface area contributed by atoms with Gasteiger partial charge in [-0.15, -0.1) is 0 Å². The molecule has 0 spiro atoms. The molecule has 4 nitrogen and oxygen atoms in total. The highest BCUT2D eigenvalue weighted by Crippen LogP contribution is 2.36. The highest BCUT2D eigenvalue weighted by Gasteiger charge is 2.23. The molecule has 0 aromatic heterocycles. The van der Waals surface area contributed by atoms with Crippen LogP contribution in [0.15, 0.2) is 84.9 Å². The van der Waals surface area contributed by atoms with E-state index in [0.717, 1.165) is 32.9 Å². The molecule has 4 aromatic rings. The van der Waals surface area contributed by atoms with Crippen LogP contribution in [0, 0.1) is 0 Å². The van der Waals surface area contributed by atoms with Crippen LogP contribution >= 0.6 is 0 Å². The number of rotatable bonds is 4. The molecule has 0 heterocycles. The van der Waals surface area contributed by atoms with Crippen molar-refractivity contribution in [2.45, 2.75) is 6.42 Å². The van der Waals surface area contributed by atoms with Gasteiger partial charge in [-0.3, -0.25) is 14.5 Å². The highest BCUT2D eigenvalue weighted by atomic mass is 16.2. The molecule has 0 aliphatic rings. The van der Waals surface area contributed by atoms with Crippen molar-refractivity contribution in [3.8, 4) is 0 Å². The zero-order valence-corrected chi connectivity index (χ0v) is 14.6. The Labute approximate surface area is 156 Å². The lowest BCUT2D eigenvalue weighted by Gasteiger charge is -2.25. The summed E-state index contributed by atoms with van der Waals surface area (Å²) in [6, 6.07) is 27.3. The van der Waals surface area contributed by atoms with Crippen LogP contribution in [0.25, 0.3) is 21.5 Å². The fraction of sp³-hybridized carbons (Fsp3) is 0.0435. The van der Waals surface area contributed by atoms with Crippen LogP contribution < -0.4 is 10.6 Å². The Hall–Kier alpha value is -3.66. The zero-order valence-electron chi connectivity index (χ0n) is 14.6. The maximum absolute atomic E-state index is 13.1. The second-order valence-electron chi connectivity index (χ2n) is 6.37. The van der Waals surface area contributed by atoms with Gasteiger partial charge in [0.15, 0.2) is 0 Å². The van der Waals surface area contributed by atoms with E-state index in [0.29, 0.717) is 0 Å². The van der Waals surface area contributed by atoms with Gasteiger partial charge in [-0.05, 0) is 22.9 Å². The second kappa shape index (κ2) is 6.92. The molecule has 4 heteroatoms. The van der Waals surface area contributed by atoms with Crippen molar-refractivity contribution < 1.29 is 9.59 Å². The van der Waals surface area contributed by atoms with E-state index in [4.69, 9.17) is 5.73 Å². The Morgan fingerprint density at radius 3 is 1.59 bits per heavy atom. The van der Waals surface area contributed by atoms with Gasteiger partial charge >= 0.3 is 0 Å². The van der Waals surface area contributed by atoms with E-state index in [-0.39, 0.29) is 12.3 Å². The van der Waals surface area contributed by atoms with Gasteiger partial charge in [-0.25, -0.2) is 0 Å². The molecule has 2 N–H and O–H groups in total. The van der Waals surface area contributed by atoms with E-state index in [9.17, 15) is 9.59 Å². The smallest absolute Gasteiger partial charge is 0.241 e. The Balaban J connectivity index is 2.00. The summed E-state index contributed by atoms with van der Waals surface area (Å²) in [5.41, 5.74) is 6.79. The van der Waals surface area contributed by atoms with Gasteiger partial charge in [0, 0.05) is 10.8 Å². The number of nitrogens with zero attached hydrogens (tertiary/aromatic N) is 1. The van der Waals surface area contributed by atoms with Crippen molar-refractivity contribution in [3.05, 3.63) is 84.9 Å². The van der Waals surface area contributed by atoms with E-state index in [1.165, 1.54) is 0 Å². The number of hydrogen-bond acceptors (Lipinski definition) is 2. The summed E-state index contributed by atoms with van der Waals surface area (Å²) < 4.78 is 0. The van der Waals surface area contributed by atoms with Crippen LogP contribution in [0.3, 0.4) is 0 Å². The molecule has 2 amide bonds. The lowest BCUT2D eigenvalue weighted by molar-refractivity contribution is -0.125. The minimum absolute atomic E-state index is 0.352. The van der Waals surface area contributed by atoms with E-state index >= 15 is 0 Å². The quantitative estimate of drug-likeness (QED) is 0.547. The van der Waals surface area contributed by atoms with Gasteiger partial charge in [-0.1, -0.05) is 72.8 Å². The molecule has 0 fully saturated rings. The number of nitrogens with two attached hydrogens (primary N) is 1.